The summed E-state index contributed by atoms with van der Waals surface area (Å²) in [6.07, 6.45) is 3.88. The van der Waals surface area contributed by atoms with Crippen molar-refractivity contribution in [2.45, 2.75) is 38.2 Å². The quantitative estimate of drug-likeness (QED) is 0.753. The van der Waals surface area contributed by atoms with Gasteiger partial charge in [-0.1, -0.05) is 36.6 Å². The van der Waals surface area contributed by atoms with Crippen molar-refractivity contribution >= 4 is 11.6 Å². The summed E-state index contributed by atoms with van der Waals surface area (Å²) in [5.74, 6) is 0. The van der Waals surface area contributed by atoms with Gasteiger partial charge in [-0.05, 0) is 31.4 Å². The maximum Gasteiger partial charge on any atom is 0.0910 e. The molecule has 0 radical (unpaired) electrons. The van der Waals surface area contributed by atoms with E-state index >= 15 is 0 Å². The summed E-state index contributed by atoms with van der Waals surface area (Å²) in [6.45, 7) is 2.01. The van der Waals surface area contributed by atoms with Crippen LogP contribution in [0.15, 0.2) is 18.2 Å². The van der Waals surface area contributed by atoms with Crippen molar-refractivity contribution in [3.8, 4) is 0 Å². The van der Waals surface area contributed by atoms with E-state index in [1.807, 2.05) is 25.1 Å². The second-order valence-corrected chi connectivity index (χ2v) is 4.63. The van der Waals surface area contributed by atoms with E-state index < -0.39 is 5.60 Å². The van der Waals surface area contributed by atoms with Crippen LogP contribution in [-0.2, 0) is 5.60 Å². The number of hydrogen-bond acceptors (Lipinski definition) is 1. The summed E-state index contributed by atoms with van der Waals surface area (Å²) in [4.78, 5) is 0. The first-order chi connectivity index (χ1) is 6.62. The van der Waals surface area contributed by atoms with Gasteiger partial charge < -0.3 is 5.11 Å². The van der Waals surface area contributed by atoms with E-state index in [-0.39, 0.29) is 0 Å². The molecule has 14 heavy (non-hydrogen) atoms. The first-order valence-corrected chi connectivity index (χ1v) is 5.49. The molecule has 0 heterocycles. The van der Waals surface area contributed by atoms with Crippen LogP contribution in [0, 0.1) is 6.92 Å². The molecule has 2 rings (SSSR count). The molecular weight excluding hydrogens is 196 g/mol. The average molecular weight is 211 g/mol. The molecule has 1 aliphatic rings. The lowest BCUT2D eigenvalue weighted by molar-refractivity contribution is 0.0446. The number of benzene rings is 1. The summed E-state index contributed by atoms with van der Waals surface area (Å²) in [6, 6.07) is 5.90. The van der Waals surface area contributed by atoms with Crippen LogP contribution in [0.5, 0.6) is 0 Å². The average Bonchev–Trinajstić information content (AvgIpc) is 2.52. The van der Waals surface area contributed by atoms with Crippen LogP contribution in [-0.4, -0.2) is 5.11 Å². The van der Waals surface area contributed by atoms with Gasteiger partial charge in [0, 0.05) is 10.6 Å². The van der Waals surface area contributed by atoms with Crippen LogP contribution >= 0.6 is 11.6 Å². The maximum absolute atomic E-state index is 10.3. The molecule has 0 bridgehead atoms. The predicted octanol–water partition coefficient (Wildman–Crippen LogP) is 3.41. The highest BCUT2D eigenvalue weighted by atomic mass is 35.5. The molecule has 1 N–H and O–H groups in total. The molecule has 1 aromatic carbocycles. The lowest BCUT2D eigenvalue weighted by Crippen LogP contribution is -2.21. The van der Waals surface area contributed by atoms with Gasteiger partial charge in [-0.2, -0.15) is 0 Å². The van der Waals surface area contributed by atoms with Gasteiger partial charge in [-0.25, -0.2) is 0 Å². The smallest absolute Gasteiger partial charge is 0.0910 e. The Labute approximate surface area is 89.7 Å². The molecule has 1 aliphatic carbocycles. The predicted molar refractivity (Wildman–Crippen MR) is 58.6 cm³/mol. The van der Waals surface area contributed by atoms with Gasteiger partial charge in [0.05, 0.1) is 5.60 Å². The highest BCUT2D eigenvalue weighted by molar-refractivity contribution is 6.31. The molecule has 1 saturated carbocycles. The topological polar surface area (TPSA) is 20.2 Å². The van der Waals surface area contributed by atoms with Gasteiger partial charge in [0.2, 0.25) is 0 Å². The molecule has 2 heteroatoms. The zero-order valence-corrected chi connectivity index (χ0v) is 9.14. The van der Waals surface area contributed by atoms with E-state index in [0.29, 0.717) is 5.02 Å². The van der Waals surface area contributed by atoms with Crippen LogP contribution in [0.25, 0.3) is 0 Å². The molecule has 1 fully saturated rings. The van der Waals surface area contributed by atoms with Crippen molar-refractivity contribution in [3.63, 3.8) is 0 Å². The first kappa shape index (κ1) is 10.0. The minimum absolute atomic E-state index is 0.662. The number of aryl methyl sites for hydroxylation is 1. The molecule has 0 saturated heterocycles. The van der Waals surface area contributed by atoms with Crippen LogP contribution in [0.1, 0.15) is 36.8 Å². The fraction of sp³-hybridized carbons (Fsp3) is 0.500. The Kier molecular flexibility index (Phi) is 2.54. The first-order valence-electron chi connectivity index (χ1n) is 5.11. The van der Waals surface area contributed by atoms with Crippen LogP contribution in [0.3, 0.4) is 0 Å². The normalized spacial score (nSPS) is 19.9. The van der Waals surface area contributed by atoms with E-state index in [1.54, 1.807) is 0 Å². The standard InChI is InChI=1S/C12H15ClO/c1-9-4-5-10(11(13)8-9)12(14)6-2-3-7-12/h4-5,8,14H,2-3,6-7H2,1H3. The molecule has 0 aromatic heterocycles. The molecule has 0 aliphatic heterocycles. The van der Waals surface area contributed by atoms with Crippen LogP contribution in [0.2, 0.25) is 5.02 Å². The van der Waals surface area contributed by atoms with E-state index in [4.69, 9.17) is 11.6 Å². The Hall–Kier alpha value is -0.530. The summed E-state index contributed by atoms with van der Waals surface area (Å²) in [5.41, 5.74) is 1.38. The zero-order chi connectivity index (χ0) is 10.2. The number of rotatable bonds is 1. The fourth-order valence-corrected chi connectivity index (χ4v) is 2.64. The third-order valence-electron chi connectivity index (χ3n) is 3.06. The van der Waals surface area contributed by atoms with E-state index in [9.17, 15) is 5.11 Å². The summed E-state index contributed by atoms with van der Waals surface area (Å²) < 4.78 is 0. The molecule has 0 amide bonds. The van der Waals surface area contributed by atoms with Gasteiger partial charge in [-0.3, -0.25) is 0 Å². The largest absolute Gasteiger partial charge is 0.385 e. The molecule has 1 nitrogen and oxygen atoms in total. The van der Waals surface area contributed by atoms with Gasteiger partial charge in [-0.15, -0.1) is 0 Å². The van der Waals surface area contributed by atoms with Gasteiger partial charge >= 0.3 is 0 Å². The Balaban J connectivity index is 2.40. The van der Waals surface area contributed by atoms with Gasteiger partial charge in [0.25, 0.3) is 0 Å². The Morgan fingerprint density at radius 2 is 1.93 bits per heavy atom. The minimum atomic E-state index is -0.662. The van der Waals surface area contributed by atoms with Crippen molar-refractivity contribution in [3.05, 3.63) is 34.3 Å². The van der Waals surface area contributed by atoms with Crippen LogP contribution in [0.4, 0.5) is 0 Å². The lowest BCUT2D eigenvalue weighted by atomic mass is 9.91. The van der Waals surface area contributed by atoms with Crippen molar-refractivity contribution < 1.29 is 5.11 Å². The minimum Gasteiger partial charge on any atom is -0.385 e. The molecule has 1 aromatic rings. The highest BCUT2D eigenvalue weighted by Gasteiger charge is 2.34. The molecular formula is C12H15ClO. The van der Waals surface area contributed by atoms with E-state index in [1.165, 1.54) is 0 Å². The number of hydrogen-bond donors (Lipinski definition) is 1. The van der Waals surface area contributed by atoms with Crippen molar-refractivity contribution in [1.82, 2.24) is 0 Å². The van der Waals surface area contributed by atoms with Crippen molar-refractivity contribution in [1.29, 1.82) is 0 Å². The van der Waals surface area contributed by atoms with Crippen molar-refractivity contribution in [2.75, 3.05) is 0 Å². The van der Waals surface area contributed by atoms with E-state index in [2.05, 4.69) is 0 Å². The second kappa shape index (κ2) is 3.56. The van der Waals surface area contributed by atoms with Gasteiger partial charge in [0.15, 0.2) is 0 Å². The third-order valence-corrected chi connectivity index (χ3v) is 3.37. The summed E-state index contributed by atoms with van der Waals surface area (Å²) >= 11 is 6.14. The maximum atomic E-state index is 10.3. The summed E-state index contributed by atoms with van der Waals surface area (Å²) in [5, 5.41) is 11.1. The summed E-state index contributed by atoms with van der Waals surface area (Å²) in [7, 11) is 0. The molecule has 0 spiro atoms. The van der Waals surface area contributed by atoms with Crippen LogP contribution < -0.4 is 0 Å². The number of aliphatic hydroxyl groups is 1. The highest BCUT2D eigenvalue weighted by Crippen LogP contribution is 2.41. The van der Waals surface area contributed by atoms with Gasteiger partial charge in [0.1, 0.15) is 0 Å². The molecule has 0 atom stereocenters. The Morgan fingerprint density at radius 3 is 2.50 bits per heavy atom. The zero-order valence-electron chi connectivity index (χ0n) is 8.39. The van der Waals surface area contributed by atoms with E-state index in [0.717, 1.165) is 36.8 Å². The van der Waals surface area contributed by atoms with Crippen molar-refractivity contribution in [2.24, 2.45) is 0 Å². The Morgan fingerprint density at radius 1 is 1.29 bits per heavy atom. The second-order valence-electron chi connectivity index (χ2n) is 4.22. The SMILES string of the molecule is Cc1ccc(C2(O)CCCC2)c(Cl)c1. The molecule has 76 valence electrons. The molecule has 0 unspecified atom stereocenters. The lowest BCUT2D eigenvalue weighted by Gasteiger charge is -2.24. The fourth-order valence-electron chi connectivity index (χ4n) is 2.23. The third kappa shape index (κ3) is 1.67. The Bertz CT molecular complexity index is 340. The monoisotopic (exact) mass is 210 g/mol. The number of halogens is 1.